The van der Waals surface area contributed by atoms with Crippen molar-refractivity contribution in [3.05, 3.63) is 133 Å². The Morgan fingerprint density at radius 2 is 0.731 bits per heavy atom. The van der Waals surface area contributed by atoms with Crippen LogP contribution in [0.15, 0.2) is 133 Å². The normalized spacial score (nSPS) is 11.3. The molecule has 0 unspecified atom stereocenters. The summed E-state index contributed by atoms with van der Waals surface area (Å²) in [5.74, 6) is 1.32. The molecule has 0 radical (unpaired) electrons. The van der Waals surface area contributed by atoms with Crippen LogP contribution in [0.2, 0.25) is 0 Å². The van der Waals surface area contributed by atoms with Crippen LogP contribution in [0.4, 0.5) is 0 Å². The van der Waals surface area contributed by atoms with Gasteiger partial charge in [-0.2, -0.15) is 0 Å². The molecule has 0 saturated heterocycles. The highest BCUT2D eigenvalue weighted by Crippen LogP contribution is 2.47. The Morgan fingerprint density at radius 1 is 0.385 bits per heavy atom. The van der Waals surface area contributed by atoms with E-state index < -0.39 is 0 Å². The molecular formula is C48H48N2O2. The second kappa shape index (κ2) is 17.2. The first kappa shape index (κ1) is 34.9. The summed E-state index contributed by atoms with van der Waals surface area (Å²) in [4.78, 5) is 10.8. The number of ether oxygens (including phenoxy) is 2. The van der Waals surface area contributed by atoms with E-state index in [4.69, 9.17) is 19.4 Å². The second-order valence-electron chi connectivity index (χ2n) is 13.5. The Labute approximate surface area is 308 Å². The minimum absolute atomic E-state index is 0.613. The van der Waals surface area contributed by atoms with Gasteiger partial charge in [0.25, 0.3) is 0 Å². The molecular weight excluding hydrogens is 637 g/mol. The van der Waals surface area contributed by atoms with E-state index in [0.717, 1.165) is 92.0 Å². The third-order valence-corrected chi connectivity index (χ3v) is 9.75. The molecule has 0 N–H and O–H groups in total. The average Bonchev–Trinajstić information content (AvgIpc) is 3.21. The number of unbranched alkanes of at least 4 members (excludes halogenated alkanes) is 6. The molecule has 5 aromatic carbocycles. The first-order valence-corrected chi connectivity index (χ1v) is 19.1. The van der Waals surface area contributed by atoms with E-state index in [1.54, 1.807) is 0 Å². The molecule has 0 fully saturated rings. The molecule has 0 aliphatic rings. The van der Waals surface area contributed by atoms with Crippen LogP contribution < -0.4 is 9.47 Å². The summed E-state index contributed by atoms with van der Waals surface area (Å²) in [7, 11) is 0. The number of hydrogen-bond donors (Lipinski definition) is 0. The Bertz CT molecular complexity index is 2040. The van der Waals surface area contributed by atoms with Crippen LogP contribution in [0.1, 0.15) is 65.2 Å². The van der Waals surface area contributed by atoms with Crippen LogP contribution in [0, 0.1) is 0 Å². The number of fused-ring (bicyclic) bond motifs is 2. The highest BCUT2D eigenvalue weighted by Gasteiger charge is 2.24. The van der Waals surface area contributed by atoms with Gasteiger partial charge < -0.3 is 9.47 Å². The van der Waals surface area contributed by atoms with E-state index in [2.05, 4.69) is 147 Å². The molecule has 262 valence electrons. The van der Waals surface area contributed by atoms with Crippen molar-refractivity contribution in [3.8, 4) is 56.5 Å². The van der Waals surface area contributed by atoms with Gasteiger partial charge in [0.1, 0.15) is 0 Å². The summed E-state index contributed by atoms with van der Waals surface area (Å²) >= 11 is 0. The lowest BCUT2D eigenvalue weighted by Gasteiger charge is -2.21. The topological polar surface area (TPSA) is 44.2 Å². The number of rotatable bonds is 16. The van der Waals surface area contributed by atoms with E-state index in [0.29, 0.717) is 25.0 Å². The van der Waals surface area contributed by atoms with Crippen molar-refractivity contribution >= 4 is 21.5 Å². The molecule has 2 aromatic heterocycles. The Kier molecular flexibility index (Phi) is 11.5. The molecule has 0 aliphatic heterocycles. The van der Waals surface area contributed by atoms with Crippen molar-refractivity contribution < 1.29 is 9.47 Å². The lowest BCUT2D eigenvalue weighted by Crippen LogP contribution is -2.05. The van der Waals surface area contributed by atoms with E-state index in [-0.39, 0.29) is 0 Å². The van der Waals surface area contributed by atoms with Crippen molar-refractivity contribution in [2.75, 3.05) is 13.2 Å². The zero-order chi connectivity index (χ0) is 35.5. The van der Waals surface area contributed by atoms with E-state index in [9.17, 15) is 0 Å². The lowest BCUT2D eigenvalue weighted by molar-refractivity contribution is 0.297. The molecule has 4 heteroatoms. The van der Waals surface area contributed by atoms with Gasteiger partial charge in [-0.15, -0.1) is 0 Å². The number of hydrogen-bond acceptors (Lipinski definition) is 4. The third-order valence-electron chi connectivity index (χ3n) is 9.75. The fourth-order valence-corrected chi connectivity index (χ4v) is 7.08. The molecule has 4 nitrogen and oxygen atoms in total. The fourth-order valence-electron chi connectivity index (χ4n) is 7.08. The summed E-state index contributed by atoms with van der Waals surface area (Å²) in [5, 5.41) is 4.11. The molecule has 0 amide bonds. The molecule has 7 aromatic rings. The summed E-state index contributed by atoms with van der Waals surface area (Å²) in [6.07, 6.45) is 8.99. The van der Waals surface area contributed by atoms with Gasteiger partial charge in [-0.25, -0.2) is 9.97 Å². The summed E-state index contributed by atoms with van der Waals surface area (Å²) in [6.45, 7) is 5.70. The SMILES string of the molecule is CCCCCCOc1nc(-c2ccccc2)c(-c2ccccc2)c2cc3c(OCCCCCC)nc(-c4ccccc4)c(-c4ccccc4)c3cc12. The van der Waals surface area contributed by atoms with Gasteiger partial charge in [-0.05, 0) is 46.9 Å². The highest BCUT2D eigenvalue weighted by molar-refractivity contribution is 6.15. The largest absolute Gasteiger partial charge is 0.477 e. The van der Waals surface area contributed by atoms with Crippen LogP contribution in [0.25, 0.3) is 66.3 Å². The van der Waals surface area contributed by atoms with Crippen LogP contribution in [0.5, 0.6) is 11.8 Å². The Balaban J connectivity index is 1.56. The van der Waals surface area contributed by atoms with Gasteiger partial charge in [0.2, 0.25) is 11.8 Å². The van der Waals surface area contributed by atoms with Gasteiger partial charge >= 0.3 is 0 Å². The number of nitrogens with zero attached hydrogens (tertiary/aromatic N) is 2. The monoisotopic (exact) mass is 684 g/mol. The fraction of sp³-hybridized carbons (Fsp3) is 0.250. The maximum Gasteiger partial charge on any atom is 0.221 e. The molecule has 52 heavy (non-hydrogen) atoms. The quantitative estimate of drug-likeness (QED) is 0.0751. The number of aromatic nitrogens is 2. The van der Waals surface area contributed by atoms with Crippen LogP contribution in [-0.2, 0) is 0 Å². The van der Waals surface area contributed by atoms with Gasteiger partial charge in [-0.1, -0.05) is 174 Å². The van der Waals surface area contributed by atoms with Crippen molar-refractivity contribution in [3.63, 3.8) is 0 Å². The van der Waals surface area contributed by atoms with E-state index in [1.165, 1.54) is 25.7 Å². The second-order valence-corrected chi connectivity index (χ2v) is 13.5. The van der Waals surface area contributed by atoms with Crippen LogP contribution in [-0.4, -0.2) is 23.2 Å². The minimum atomic E-state index is 0.613. The lowest BCUT2D eigenvalue weighted by atomic mass is 9.89. The predicted octanol–water partition coefficient (Wildman–Crippen LogP) is 13.4. The standard InChI is InChI=1S/C48H48N2O2/c1-3-5-7-21-31-51-47-41-33-40-42(34-39(41)43(35-23-13-9-14-24-35)45(49-47)37-27-17-11-18-28-37)48(52-32-22-8-6-4-2)50-46(38-29-19-12-20-30-38)44(40)36-25-15-10-16-26-36/h9-20,23-30,33-34H,3-8,21-22,31-32H2,1-2H3. The first-order chi connectivity index (χ1) is 25.8. The molecule has 0 atom stereocenters. The predicted molar refractivity (Wildman–Crippen MR) is 218 cm³/mol. The first-order valence-electron chi connectivity index (χ1n) is 19.1. The maximum atomic E-state index is 6.70. The summed E-state index contributed by atoms with van der Waals surface area (Å²) < 4.78 is 13.4. The average molecular weight is 685 g/mol. The van der Waals surface area contributed by atoms with Crippen LogP contribution >= 0.6 is 0 Å². The van der Waals surface area contributed by atoms with E-state index in [1.807, 2.05) is 0 Å². The smallest absolute Gasteiger partial charge is 0.221 e. The van der Waals surface area contributed by atoms with Gasteiger partial charge in [0.15, 0.2) is 0 Å². The minimum Gasteiger partial charge on any atom is -0.477 e. The molecule has 0 saturated carbocycles. The zero-order valence-corrected chi connectivity index (χ0v) is 30.5. The highest BCUT2D eigenvalue weighted by atomic mass is 16.5. The van der Waals surface area contributed by atoms with Crippen molar-refractivity contribution in [2.45, 2.75) is 65.2 Å². The molecule has 7 rings (SSSR count). The van der Waals surface area contributed by atoms with Crippen molar-refractivity contribution in [1.82, 2.24) is 9.97 Å². The molecule has 0 bridgehead atoms. The molecule has 0 aliphatic carbocycles. The molecule has 0 spiro atoms. The number of pyridine rings is 2. The van der Waals surface area contributed by atoms with Gasteiger partial charge in [0, 0.05) is 33.0 Å². The van der Waals surface area contributed by atoms with Crippen molar-refractivity contribution in [2.24, 2.45) is 0 Å². The Morgan fingerprint density at radius 3 is 1.08 bits per heavy atom. The number of benzene rings is 5. The van der Waals surface area contributed by atoms with Gasteiger partial charge in [0.05, 0.1) is 24.6 Å². The van der Waals surface area contributed by atoms with Crippen LogP contribution in [0.3, 0.4) is 0 Å². The van der Waals surface area contributed by atoms with Crippen molar-refractivity contribution in [1.29, 1.82) is 0 Å². The third kappa shape index (κ3) is 7.72. The summed E-state index contributed by atoms with van der Waals surface area (Å²) in [5.41, 5.74) is 8.26. The van der Waals surface area contributed by atoms with Gasteiger partial charge in [-0.3, -0.25) is 0 Å². The maximum absolute atomic E-state index is 6.70. The zero-order valence-electron chi connectivity index (χ0n) is 30.5. The van der Waals surface area contributed by atoms with E-state index >= 15 is 0 Å². The molecule has 2 heterocycles. The summed E-state index contributed by atoms with van der Waals surface area (Å²) in [6, 6.07) is 46.8. The Hall–Kier alpha value is -5.48.